The maximum Gasteiger partial charge on any atom is 0.328 e. The van der Waals surface area contributed by atoms with Crippen LogP contribution in [0.1, 0.15) is 25.0 Å². The molecule has 0 saturated carbocycles. The van der Waals surface area contributed by atoms with Crippen LogP contribution in [-0.4, -0.2) is 98.1 Å². The van der Waals surface area contributed by atoms with Crippen LogP contribution < -0.4 is 16.4 Å². The number of imidazole rings is 1. The van der Waals surface area contributed by atoms with E-state index in [2.05, 4.69) is 20.6 Å². The normalized spacial score (nSPS) is 18.6. The Kier molecular flexibility index (Phi) is 9.94. The number of amides is 3. The van der Waals surface area contributed by atoms with Crippen LogP contribution >= 0.6 is 11.8 Å². The number of hydrogen-bond donors (Lipinski definition) is 6. The van der Waals surface area contributed by atoms with Crippen molar-refractivity contribution in [1.29, 1.82) is 0 Å². The van der Waals surface area contributed by atoms with E-state index < -0.39 is 48.6 Å². The van der Waals surface area contributed by atoms with E-state index in [0.29, 0.717) is 30.8 Å². The zero-order valence-corrected chi connectivity index (χ0v) is 18.6. The molecule has 178 valence electrons. The quantitative estimate of drug-likeness (QED) is 0.202. The summed E-state index contributed by atoms with van der Waals surface area (Å²) in [6.07, 6.45) is 6.46. The average Bonchev–Trinajstić information content (AvgIpc) is 3.45. The summed E-state index contributed by atoms with van der Waals surface area (Å²) in [6, 6.07) is -4.09. The van der Waals surface area contributed by atoms with E-state index in [4.69, 9.17) is 15.9 Å². The second-order valence-electron chi connectivity index (χ2n) is 7.50. The first-order valence-electron chi connectivity index (χ1n) is 10.2. The Morgan fingerprint density at radius 2 is 2.09 bits per heavy atom. The third kappa shape index (κ3) is 6.93. The first-order chi connectivity index (χ1) is 15.3. The molecule has 2 heterocycles. The third-order valence-electron chi connectivity index (χ3n) is 5.19. The van der Waals surface area contributed by atoms with Gasteiger partial charge in [0.1, 0.15) is 18.1 Å². The number of carboxylic acids is 1. The Morgan fingerprint density at radius 1 is 1.34 bits per heavy atom. The minimum Gasteiger partial charge on any atom is -0.480 e. The highest BCUT2D eigenvalue weighted by Gasteiger charge is 2.38. The molecule has 1 aromatic rings. The molecule has 4 atom stereocenters. The predicted octanol–water partition coefficient (Wildman–Crippen LogP) is -1.93. The molecule has 1 aromatic heterocycles. The van der Waals surface area contributed by atoms with Gasteiger partial charge in [-0.05, 0) is 31.3 Å². The summed E-state index contributed by atoms with van der Waals surface area (Å²) in [5.74, 6) is -2.41. The van der Waals surface area contributed by atoms with Crippen molar-refractivity contribution in [2.75, 3.05) is 25.2 Å². The lowest BCUT2D eigenvalue weighted by Gasteiger charge is -2.28. The Morgan fingerprint density at radius 3 is 2.69 bits per heavy atom. The average molecular weight is 471 g/mol. The lowest BCUT2D eigenvalue weighted by molar-refractivity contribution is -0.144. The molecule has 32 heavy (non-hydrogen) atoms. The Labute approximate surface area is 189 Å². The summed E-state index contributed by atoms with van der Waals surface area (Å²) < 4.78 is 0. The smallest absolute Gasteiger partial charge is 0.328 e. The maximum absolute atomic E-state index is 13.0. The second-order valence-corrected chi connectivity index (χ2v) is 8.49. The van der Waals surface area contributed by atoms with E-state index in [9.17, 15) is 19.2 Å². The van der Waals surface area contributed by atoms with Crippen LogP contribution in [0.2, 0.25) is 0 Å². The topological polar surface area (TPSA) is 191 Å². The van der Waals surface area contributed by atoms with Gasteiger partial charge in [-0.1, -0.05) is 0 Å². The highest BCUT2D eigenvalue weighted by molar-refractivity contribution is 7.98. The van der Waals surface area contributed by atoms with Crippen molar-refractivity contribution < 1.29 is 29.4 Å². The molecule has 1 fully saturated rings. The molecule has 0 spiro atoms. The Balaban J connectivity index is 2.04. The molecule has 0 aliphatic carbocycles. The molecule has 4 unspecified atom stereocenters. The fourth-order valence-corrected chi connectivity index (χ4v) is 3.94. The second kappa shape index (κ2) is 12.4. The van der Waals surface area contributed by atoms with Crippen molar-refractivity contribution in [3.63, 3.8) is 0 Å². The standard InChI is InChI=1S/C19H30N6O6S/c1-32-6-4-13(16(27)24-14(9-26)19(30)31)23-17(28)15-3-2-5-25(15)18(29)12(20)7-11-8-21-10-22-11/h8,10,12-15,26H,2-7,9,20H2,1H3,(H,21,22)(H,23,28)(H,24,27)(H,30,31). The molecule has 12 nitrogen and oxygen atoms in total. The van der Waals surface area contributed by atoms with Crippen molar-refractivity contribution >= 4 is 35.5 Å². The molecule has 0 bridgehead atoms. The van der Waals surface area contributed by atoms with Crippen molar-refractivity contribution in [2.45, 2.75) is 49.9 Å². The highest BCUT2D eigenvalue weighted by atomic mass is 32.2. The molecule has 3 amide bonds. The molecule has 13 heteroatoms. The highest BCUT2D eigenvalue weighted by Crippen LogP contribution is 2.19. The van der Waals surface area contributed by atoms with Gasteiger partial charge in [-0.15, -0.1) is 0 Å². The van der Waals surface area contributed by atoms with Crippen molar-refractivity contribution in [2.24, 2.45) is 5.73 Å². The lowest BCUT2D eigenvalue weighted by atomic mass is 10.1. The number of H-pyrrole nitrogens is 1. The van der Waals surface area contributed by atoms with Crippen LogP contribution in [0.3, 0.4) is 0 Å². The van der Waals surface area contributed by atoms with E-state index >= 15 is 0 Å². The fourth-order valence-electron chi connectivity index (χ4n) is 3.47. The summed E-state index contributed by atoms with van der Waals surface area (Å²) in [4.78, 5) is 57.7. The molecular formula is C19H30N6O6S. The number of aliphatic hydroxyl groups is 1. The number of aromatic amines is 1. The molecule has 1 aliphatic rings. The number of rotatable bonds is 12. The van der Waals surface area contributed by atoms with Gasteiger partial charge in [0.2, 0.25) is 17.7 Å². The number of nitrogens with two attached hydrogens (primary N) is 1. The number of hydrogen-bond acceptors (Lipinski definition) is 8. The Bertz CT molecular complexity index is 791. The van der Waals surface area contributed by atoms with Gasteiger partial charge in [-0.25, -0.2) is 9.78 Å². The monoisotopic (exact) mass is 470 g/mol. The van der Waals surface area contributed by atoms with Gasteiger partial charge in [0, 0.05) is 24.9 Å². The molecule has 1 aliphatic heterocycles. The summed E-state index contributed by atoms with van der Waals surface area (Å²) in [5.41, 5.74) is 6.75. The van der Waals surface area contributed by atoms with E-state index in [0.717, 1.165) is 0 Å². The molecule has 0 radical (unpaired) electrons. The maximum atomic E-state index is 13.0. The fraction of sp³-hybridized carbons (Fsp3) is 0.632. The zero-order chi connectivity index (χ0) is 23.7. The number of carbonyl (C=O) groups is 4. The van der Waals surface area contributed by atoms with Gasteiger partial charge in [-0.2, -0.15) is 11.8 Å². The van der Waals surface area contributed by atoms with E-state index in [1.807, 2.05) is 6.26 Å². The first kappa shape index (κ1) is 25.6. The zero-order valence-electron chi connectivity index (χ0n) is 17.8. The Hall–Kier alpha value is -2.64. The van der Waals surface area contributed by atoms with Crippen LogP contribution in [0.25, 0.3) is 0 Å². The summed E-state index contributed by atoms with van der Waals surface area (Å²) in [6.45, 7) is -0.399. The van der Waals surface area contributed by atoms with Crippen LogP contribution in [0, 0.1) is 0 Å². The van der Waals surface area contributed by atoms with Crippen molar-refractivity contribution in [3.8, 4) is 0 Å². The number of aliphatic carboxylic acids is 1. The molecule has 7 N–H and O–H groups in total. The SMILES string of the molecule is CSCCC(NC(=O)C1CCCN1C(=O)C(N)Cc1cnc[nH]1)C(=O)NC(CO)C(=O)O. The lowest BCUT2D eigenvalue weighted by Crippen LogP contribution is -2.57. The molecular weight excluding hydrogens is 440 g/mol. The number of likely N-dealkylation sites (tertiary alicyclic amines) is 1. The summed E-state index contributed by atoms with van der Waals surface area (Å²) >= 11 is 1.46. The van der Waals surface area contributed by atoms with E-state index in [1.54, 1.807) is 6.20 Å². The minimum absolute atomic E-state index is 0.250. The number of aromatic nitrogens is 2. The predicted molar refractivity (Wildman–Crippen MR) is 117 cm³/mol. The van der Waals surface area contributed by atoms with Gasteiger partial charge in [-0.3, -0.25) is 14.4 Å². The number of carboxylic acid groups (broad SMARTS) is 1. The summed E-state index contributed by atoms with van der Waals surface area (Å²) in [5, 5.41) is 23.1. The summed E-state index contributed by atoms with van der Waals surface area (Å²) in [7, 11) is 0. The molecule has 0 aromatic carbocycles. The van der Waals surface area contributed by atoms with E-state index in [-0.39, 0.29) is 18.7 Å². The van der Waals surface area contributed by atoms with Crippen molar-refractivity contribution in [3.05, 3.63) is 18.2 Å². The van der Waals surface area contributed by atoms with E-state index in [1.165, 1.54) is 23.0 Å². The third-order valence-corrected chi connectivity index (χ3v) is 5.84. The molecule has 1 saturated heterocycles. The van der Waals surface area contributed by atoms with Crippen LogP contribution in [0.4, 0.5) is 0 Å². The van der Waals surface area contributed by atoms with Crippen molar-refractivity contribution in [1.82, 2.24) is 25.5 Å². The number of carbonyl (C=O) groups excluding carboxylic acids is 3. The van der Waals surface area contributed by atoms with Crippen LogP contribution in [0.15, 0.2) is 12.5 Å². The van der Waals surface area contributed by atoms with Gasteiger partial charge in [0.25, 0.3) is 0 Å². The van der Waals surface area contributed by atoms with Crippen LogP contribution in [-0.2, 0) is 25.6 Å². The first-order valence-corrected chi connectivity index (χ1v) is 11.6. The molecule has 2 rings (SSSR count). The van der Waals surface area contributed by atoms with Gasteiger partial charge >= 0.3 is 5.97 Å². The number of thioether (sulfide) groups is 1. The van der Waals surface area contributed by atoms with Gasteiger partial charge < -0.3 is 36.5 Å². The number of aliphatic hydroxyl groups excluding tert-OH is 1. The number of nitrogens with one attached hydrogen (secondary N) is 3. The minimum atomic E-state index is -1.47. The van der Waals surface area contributed by atoms with Gasteiger partial charge in [0.15, 0.2) is 0 Å². The van der Waals surface area contributed by atoms with Gasteiger partial charge in [0.05, 0.1) is 19.0 Å². The van der Waals surface area contributed by atoms with Crippen LogP contribution in [0.5, 0.6) is 0 Å². The number of nitrogens with zero attached hydrogens (tertiary/aromatic N) is 2. The largest absolute Gasteiger partial charge is 0.480 e.